The van der Waals surface area contributed by atoms with E-state index >= 15 is 0 Å². The largest absolute Gasteiger partial charge is 0.388 e. The highest BCUT2D eigenvalue weighted by molar-refractivity contribution is 5.38. The monoisotopic (exact) mass is 192 g/mol. The summed E-state index contributed by atoms with van der Waals surface area (Å²) in [6, 6.07) is 7.94. The minimum Gasteiger partial charge on any atom is -0.388 e. The standard InChI is InChI=1S/C12H16O2/c1-12(2)10(13)8-6-4-5-7-9(8)11(12)14-3/h4-7,10-11,13H,1-3H3/t10-,11-/m0/s1. The number of ether oxygens (including phenoxy) is 1. The molecular formula is C12H16O2. The number of hydrogen-bond acceptors (Lipinski definition) is 2. The number of aliphatic hydroxyl groups is 1. The van der Waals surface area contributed by atoms with E-state index in [-0.39, 0.29) is 11.5 Å². The maximum absolute atomic E-state index is 10.1. The number of aliphatic hydroxyl groups excluding tert-OH is 1. The number of methoxy groups -OCH3 is 1. The van der Waals surface area contributed by atoms with Crippen molar-refractivity contribution in [3.63, 3.8) is 0 Å². The molecule has 2 atom stereocenters. The third-order valence-electron chi connectivity index (χ3n) is 3.19. The van der Waals surface area contributed by atoms with Gasteiger partial charge in [-0.25, -0.2) is 0 Å². The van der Waals surface area contributed by atoms with Gasteiger partial charge in [0.1, 0.15) is 0 Å². The molecule has 0 aliphatic heterocycles. The van der Waals surface area contributed by atoms with Gasteiger partial charge in [-0.3, -0.25) is 0 Å². The Hall–Kier alpha value is -0.860. The smallest absolute Gasteiger partial charge is 0.0903 e. The lowest BCUT2D eigenvalue weighted by Crippen LogP contribution is -2.23. The average Bonchev–Trinajstić information content (AvgIpc) is 2.36. The second-order valence-electron chi connectivity index (χ2n) is 4.47. The topological polar surface area (TPSA) is 29.5 Å². The molecule has 1 aromatic carbocycles. The van der Waals surface area contributed by atoms with E-state index in [1.807, 2.05) is 38.1 Å². The summed E-state index contributed by atoms with van der Waals surface area (Å²) in [5.41, 5.74) is 1.88. The van der Waals surface area contributed by atoms with Crippen LogP contribution in [-0.2, 0) is 4.74 Å². The van der Waals surface area contributed by atoms with Gasteiger partial charge in [-0.15, -0.1) is 0 Å². The molecule has 2 nitrogen and oxygen atoms in total. The van der Waals surface area contributed by atoms with Crippen LogP contribution in [0, 0.1) is 5.41 Å². The molecule has 0 amide bonds. The average molecular weight is 192 g/mol. The van der Waals surface area contributed by atoms with Crippen LogP contribution in [0.3, 0.4) is 0 Å². The molecule has 2 rings (SSSR count). The van der Waals surface area contributed by atoms with Gasteiger partial charge in [0.05, 0.1) is 12.2 Å². The lowest BCUT2D eigenvalue weighted by molar-refractivity contribution is -0.0501. The minimum absolute atomic E-state index is 0.00583. The predicted molar refractivity (Wildman–Crippen MR) is 54.9 cm³/mol. The van der Waals surface area contributed by atoms with Crippen LogP contribution in [0.15, 0.2) is 24.3 Å². The van der Waals surface area contributed by atoms with Gasteiger partial charge >= 0.3 is 0 Å². The second-order valence-corrected chi connectivity index (χ2v) is 4.47. The molecule has 0 unspecified atom stereocenters. The maximum atomic E-state index is 10.1. The fourth-order valence-corrected chi connectivity index (χ4v) is 2.37. The summed E-state index contributed by atoms with van der Waals surface area (Å²) in [5.74, 6) is 0. The van der Waals surface area contributed by atoms with Crippen LogP contribution >= 0.6 is 0 Å². The highest BCUT2D eigenvalue weighted by Crippen LogP contribution is 2.53. The van der Waals surface area contributed by atoms with Gasteiger partial charge in [-0.05, 0) is 11.1 Å². The van der Waals surface area contributed by atoms with Gasteiger partial charge in [-0.2, -0.15) is 0 Å². The van der Waals surface area contributed by atoms with Crippen molar-refractivity contribution in [2.75, 3.05) is 7.11 Å². The first-order valence-corrected chi connectivity index (χ1v) is 4.88. The van der Waals surface area contributed by atoms with Crippen LogP contribution < -0.4 is 0 Å². The number of fused-ring (bicyclic) bond motifs is 1. The number of rotatable bonds is 1. The Labute approximate surface area is 84.5 Å². The molecule has 14 heavy (non-hydrogen) atoms. The molecule has 2 heteroatoms. The Morgan fingerprint density at radius 1 is 1.21 bits per heavy atom. The minimum atomic E-state index is -0.427. The highest BCUT2D eigenvalue weighted by Gasteiger charge is 2.46. The van der Waals surface area contributed by atoms with E-state index in [1.165, 1.54) is 0 Å². The van der Waals surface area contributed by atoms with Gasteiger partial charge in [0.15, 0.2) is 0 Å². The van der Waals surface area contributed by atoms with E-state index in [4.69, 9.17) is 4.74 Å². The SMILES string of the molecule is CO[C@H]1c2ccccc2[C@H](O)C1(C)C. The third-order valence-corrected chi connectivity index (χ3v) is 3.19. The number of hydrogen-bond donors (Lipinski definition) is 1. The van der Waals surface area contributed by atoms with Crippen LogP contribution in [0.5, 0.6) is 0 Å². The van der Waals surface area contributed by atoms with Crippen molar-refractivity contribution in [2.24, 2.45) is 5.41 Å². The summed E-state index contributed by atoms with van der Waals surface area (Å²) in [6.07, 6.45) is -0.433. The highest BCUT2D eigenvalue weighted by atomic mass is 16.5. The molecule has 76 valence electrons. The van der Waals surface area contributed by atoms with Crippen LogP contribution in [0.2, 0.25) is 0 Å². The maximum Gasteiger partial charge on any atom is 0.0903 e. The van der Waals surface area contributed by atoms with E-state index in [0.717, 1.165) is 11.1 Å². The zero-order valence-corrected chi connectivity index (χ0v) is 8.82. The van der Waals surface area contributed by atoms with Gasteiger partial charge in [-0.1, -0.05) is 38.1 Å². The van der Waals surface area contributed by atoms with Gasteiger partial charge in [0.2, 0.25) is 0 Å². The van der Waals surface area contributed by atoms with Crippen LogP contribution in [0.4, 0.5) is 0 Å². The van der Waals surface area contributed by atoms with Crippen molar-refractivity contribution < 1.29 is 9.84 Å². The third kappa shape index (κ3) is 1.11. The molecule has 1 aromatic rings. The Morgan fingerprint density at radius 3 is 2.36 bits per heavy atom. The zero-order chi connectivity index (χ0) is 10.3. The Morgan fingerprint density at radius 2 is 1.79 bits per heavy atom. The molecule has 0 radical (unpaired) electrons. The quantitative estimate of drug-likeness (QED) is 0.740. The summed E-state index contributed by atoms with van der Waals surface area (Å²) >= 11 is 0. The summed E-state index contributed by atoms with van der Waals surface area (Å²) in [7, 11) is 1.70. The molecule has 0 fully saturated rings. The molecule has 0 heterocycles. The van der Waals surface area contributed by atoms with E-state index in [1.54, 1.807) is 7.11 Å². The number of benzene rings is 1. The van der Waals surface area contributed by atoms with Crippen LogP contribution in [0.25, 0.3) is 0 Å². The van der Waals surface area contributed by atoms with E-state index in [2.05, 4.69) is 0 Å². The van der Waals surface area contributed by atoms with Crippen molar-refractivity contribution in [3.8, 4) is 0 Å². The van der Waals surface area contributed by atoms with E-state index in [9.17, 15) is 5.11 Å². The molecule has 1 N–H and O–H groups in total. The molecule has 0 saturated heterocycles. The first-order chi connectivity index (χ1) is 6.59. The van der Waals surface area contributed by atoms with Crippen molar-refractivity contribution >= 4 is 0 Å². The molecular weight excluding hydrogens is 176 g/mol. The predicted octanol–water partition coefficient (Wildman–Crippen LogP) is 2.45. The first-order valence-electron chi connectivity index (χ1n) is 4.88. The molecule has 1 aliphatic carbocycles. The van der Waals surface area contributed by atoms with Gasteiger partial charge < -0.3 is 9.84 Å². The van der Waals surface area contributed by atoms with Gasteiger partial charge in [0, 0.05) is 12.5 Å². The summed E-state index contributed by atoms with van der Waals surface area (Å²) in [4.78, 5) is 0. The first kappa shape index (κ1) is 9.69. The van der Waals surface area contributed by atoms with Crippen LogP contribution in [-0.4, -0.2) is 12.2 Å². The van der Waals surface area contributed by atoms with Crippen molar-refractivity contribution in [2.45, 2.75) is 26.1 Å². The van der Waals surface area contributed by atoms with Crippen molar-refractivity contribution in [1.29, 1.82) is 0 Å². The van der Waals surface area contributed by atoms with Crippen molar-refractivity contribution in [3.05, 3.63) is 35.4 Å². The normalized spacial score (nSPS) is 28.9. The lowest BCUT2D eigenvalue weighted by atomic mass is 9.85. The van der Waals surface area contributed by atoms with Gasteiger partial charge in [0.25, 0.3) is 0 Å². The summed E-state index contributed by atoms with van der Waals surface area (Å²) in [6.45, 7) is 4.07. The molecule has 0 saturated carbocycles. The summed E-state index contributed by atoms with van der Waals surface area (Å²) in [5, 5.41) is 10.1. The fourth-order valence-electron chi connectivity index (χ4n) is 2.37. The fraction of sp³-hybridized carbons (Fsp3) is 0.500. The Balaban J connectivity index is 2.55. The molecule has 0 bridgehead atoms. The Kier molecular flexibility index (Phi) is 2.13. The lowest BCUT2D eigenvalue weighted by Gasteiger charge is -2.29. The zero-order valence-electron chi connectivity index (χ0n) is 8.82. The second kappa shape index (κ2) is 3.07. The molecule has 0 spiro atoms. The molecule has 0 aromatic heterocycles. The Bertz CT molecular complexity index is 344. The van der Waals surface area contributed by atoms with E-state index < -0.39 is 6.10 Å². The van der Waals surface area contributed by atoms with Crippen molar-refractivity contribution in [1.82, 2.24) is 0 Å². The molecule has 1 aliphatic rings. The van der Waals surface area contributed by atoms with E-state index in [0.29, 0.717) is 0 Å². The van der Waals surface area contributed by atoms with Crippen LogP contribution in [0.1, 0.15) is 37.2 Å². The summed E-state index contributed by atoms with van der Waals surface area (Å²) < 4.78 is 5.46.